The SMILES string of the molecule is O=C(Cn1ccc2ccccc2c1=O)NCC(=O)NC1CCCCCC1. The van der Waals surface area contributed by atoms with Gasteiger partial charge in [0.25, 0.3) is 5.56 Å². The van der Waals surface area contributed by atoms with Gasteiger partial charge in [-0.1, -0.05) is 43.9 Å². The molecule has 1 aromatic carbocycles. The van der Waals surface area contributed by atoms with Crippen LogP contribution < -0.4 is 16.2 Å². The minimum atomic E-state index is -0.349. The molecule has 0 saturated heterocycles. The van der Waals surface area contributed by atoms with E-state index in [4.69, 9.17) is 0 Å². The fourth-order valence-electron chi connectivity index (χ4n) is 3.45. The smallest absolute Gasteiger partial charge is 0.258 e. The van der Waals surface area contributed by atoms with E-state index in [1.807, 2.05) is 18.2 Å². The largest absolute Gasteiger partial charge is 0.352 e. The quantitative estimate of drug-likeness (QED) is 0.805. The van der Waals surface area contributed by atoms with Gasteiger partial charge in [-0.15, -0.1) is 0 Å². The minimum absolute atomic E-state index is 0.0579. The van der Waals surface area contributed by atoms with E-state index in [9.17, 15) is 14.4 Å². The third-order valence-electron chi connectivity index (χ3n) is 4.87. The first-order valence-electron chi connectivity index (χ1n) is 9.28. The average molecular weight is 355 g/mol. The first kappa shape index (κ1) is 18.2. The van der Waals surface area contributed by atoms with Crippen LogP contribution in [0.5, 0.6) is 0 Å². The maximum atomic E-state index is 12.4. The second kappa shape index (κ2) is 8.65. The summed E-state index contributed by atoms with van der Waals surface area (Å²) < 4.78 is 1.36. The normalized spacial score (nSPS) is 15.4. The van der Waals surface area contributed by atoms with Crippen LogP contribution in [0.1, 0.15) is 38.5 Å². The lowest BCUT2D eigenvalue weighted by atomic mass is 10.1. The van der Waals surface area contributed by atoms with Crippen LogP contribution >= 0.6 is 0 Å². The van der Waals surface area contributed by atoms with E-state index in [-0.39, 0.29) is 36.5 Å². The van der Waals surface area contributed by atoms with Crippen LogP contribution in [-0.4, -0.2) is 29.0 Å². The van der Waals surface area contributed by atoms with E-state index < -0.39 is 0 Å². The molecule has 1 saturated carbocycles. The number of nitrogens with one attached hydrogen (secondary N) is 2. The van der Waals surface area contributed by atoms with Crippen LogP contribution in [0.4, 0.5) is 0 Å². The second-order valence-corrected chi connectivity index (χ2v) is 6.87. The first-order chi connectivity index (χ1) is 12.6. The molecule has 3 rings (SSSR count). The lowest BCUT2D eigenvalue weighted by molar-refractivity contribution is -0.126. The zero-order valence-corrected chi connectivity index (χ0v) is 14.9. The summed E-state index contributed by atoms with van der Waals surface area (Å²) in [6.07, 6.45) is 8.35. The zero-order valence-electron chi connectivity index (χ0n) is 14.9. The monoisotopic (exact) mass is 355 g/mol. The highest BCUT2D eigenvalue weighted by Gasteiger charge is 2.15. The Morgan fingerprint density at radius 1 is 1.00 bits per heavy atom. The predicted molar refractivity (Wildman–Crippen MR) is 101 cm³/mol. The molecule has 6 heteroatoms. The summed E-state index contributed by atoms with van der Waals surface area (Å²) in [5, 5.41) is 7.01. The Balaban J connectivity index is 1.52. The van der Waals surface area contributed by atoms with Crippen LogP contribution in [-0.2, 0) is 16.1 Å². The molecular weight excluding hydrogens is 330 g/mol. The number of nitrogens with zero attached hydrogens (tertiary/aromatic N) is 1. The molecule has 1 heterocycles. The van der Waals surface area contributed by atoms with Crippen molar-refractivity contribution >= 4 is 22.6 Å². The lowest BCUT2D eigenvalue weighted by Gasteiger charge is -2.16. The number of fused-ring (bicyclic) bond motifs is 1. The zero-order chi connectivity index (χ0) is 18.4. The summed E-state index contributed by atoms with van der Waals surface area (Å²) in [5.74, 6) is -0.519. The minimum Gasteiger partial charge on any atom is -0.352 e. The fourth-order valence-corrected chi connectivity index (χ4v) is 3.45. The van der Waals surface area contributed by atoms with E-state index in [0.29, 0.717) is 5.39 Å². The Labute approximate surface area is 152 Å². The van der Waals surface area contributed by atoms with Crippen molar-refractivity contribution in [3.05, 3.63) is 46.9 Å². The summed E-state index contributed by atoms with van der Waals surface area (Å²) in [7, 11) is 0. The van der Waals surface area contributed by atoms with Crippen molar-refractivity contribution in [3.63, 3.8) is 0 Å². The van der Waals surface area contributed by atoms with Gasteiger partial charge in [-0.3, -0.25) is 14.4 Å². The van der Waals surface area contributed by atoms with Gasteiger partial charge in [0.2, 0.25) is 11.8 Å². The highest BCUT2D eigenvalue weighted by Crippen LogP contribution is 2.16. The number of hydrogen-bond donors (Lipinski definition) is 2. The molecule has 6 nitrogen and oxygen atoms in total. The highest BCUT2D eigenvalue weighted by atomic mass is 16.2. The van der Waals surface area contributed by atoms with E-state index >= 15 is 0 Å². The van der Waals surface area contributed by atoms with E-state index in [1.54, 1.807) is 18.3 Å². The van der Waals surface area contributed by atoms with Crippen molar-refractivity contribution in [2.75, 3.05) is 6.54 Å². The number of rotatable bonds is 5. The van der Waals surface area contributed by atoms with Crippen molar-refractivity contribution in [2.45, 2.75) is 51.1 Å². The van der Waals surface area contributed by atoms with Gasteiger partial charge >= 0.3 is 0 Å². The molecule has 0 bridgehead atoms. The van der Waals surface area contributed by atoms with Crippen molar-refractivity contribution < 1.29 is 9.59 Å². The molecule has 1 aliphatic rings. The molecule has 1 aliphatic carbocycles. The molecule has 2 aromatic rings. The summed E-state index contributed by atoms with van der Waals surface area (Å²) >= 11 is 0. The lowest BCUT2D eigenvalue weighted by Crippen LogP contribution is -2.43. The van der Waals surface area contributed by atoms with Crippen LogP contribution in [0.3, 0.4) is 0 Å². The fraction of sp³-hybridized carbons (Fsp3) is 0.450. The van der Waals surface area contributed by atoms with Crippen molar-refractivity contribution in [3.8, 4) is 0 Å². The number of amides is 2. The van der Waals surface area contributed by atoms with Gasteiger partial charge in [-0.2, -0.15) is 0 Å². The average Bonchev–Trinajstić information content (AvgIpc) is 2.91. The third kappa shape index (κ3) is 4.71. The van der Waals surface area contributed by atoms with Crippen LogP contribution in [0.15, 0.2) is 41.3 Å². The number of pyridine rings is 1. The molecular formula is C20H25N3O3. The van der Waals surface area contributed by atoms with Gasteiger partial charge in [0.05, 0.1) is 6.54 Å². The molecule has 2 N–H and O–H groups in total. The van der Waals surface area contributed by atoms with E-state index in [0.717, 1.165) is 31.1 Å². The molecule has 138 valence electrons. The number of aromatic nitrogens is 1. The standard InChI is InChI=1S/C20H25N3O3/c24-18(22-16-8-3-1-2-4-9-16)13-21-19(25)14-23-12-11-15-7-5-6-10-17(15)20(23)26/h5-7,10-12,16H,1-4,8-9,13-14H2,(H,21,25)(H,22,24). The van der Waals surface area contributed by atoms with Gasteiger partial charge in [0.15, 0.2) is 0 Å². The summed E-state index contributed by atoms with van der Waals surface area (Å²) in [6.45, 7) is -0.155. The number of carbonyl (C=O) groups is 2. The number of benzene rings is 1. The predicted octanol–water partition coefficient (Wildman–Crippen LogP) is 1.96. The molecule has 0 unspecified atom stereocenters. The van der Waals surface area contributed by atoms with Gasteiger partial charge in [0.1, 0.15) is 6.54 Å². The molecule has 26 heavy (non-hydrogen) atoms. The van der Waals surface area contributed by atoms with Gasteiger partial charge in [0, 0.05) is 17.6 Å². The Hall–Kier alpha value is -2.63. The summed E-state index contributed by atoms with van der Waals surface area (Å²) in [4.78, 5) is 36.5. The first-order valence-corrected chi connectivity index (χ1v) is 9.28. The molecule has 2 amide bonds. The second-order valence-electron chi connectivity index (χ2n) is 6.87. The molecule has 1 fully saturated rings. The van der Waals surface area contributed by atoms with Gasteiger partial charge in [-0.25, -0.2) is 0 Å². The van der Waals surface area contributed by atoms with Crippen molar-refractivity contribution in [2.24, 2.45) is 0 Å². The van der Waals surface area contributed by atoms with E-state index in [1.165, 1.54) is 17.4 Å². The van der Waals surface area contributed by atoms with Crippen LogP contribution in [0, 0.1) is 0 Å². The molecule has 0 aliphatic heterocycles. The summed E-state index contributed by atoms with van der Waals surface area (Å²) in [5.41, 5.74) is -0.207. The van der Waals surface area contributed by atoms with Crippen molar-refractivity contribution in [1.82, 2.24) is 15.2 Å². The molecule has 0 radical (unpaired) electrons. The molecule has 0 atom stereocenters. The third-order valence-corrected chi connectivity index (χ3v) is 4.87. The Morgan fingerprint density at radius 3 is 2.50 bits per heavy atom. The Kier molecular flexibility index (Phi) is 6.04. The van der Waals surface area contributed by atoms with Crippen LogP contribution in [0.25, 0.3) is 10.8 Å². The number of hydrogen-bond acceptors (Lipinski definition) is 3. The Bertz CT molecular complexity index is 836. The topological polar surface area (TPSA) is 80.2 Å². The van der Waals surface area contributed by atoms with Crippen LogP contribution in [0.2, 0.25) is 0 Å². The van der Waals surface area contributed by atoms with Gasteiger partial charge in [-0.05, 0) is 30.4 Å². The molecule has 0 spiro atoms. The number of carbonyl (C=O) groups excluding carboxylic acids is 2. The van der Waals surface area contributed by atoms with Gasteiger partial charge < -0.3 is 15.2 Å². The summed E-state index contributed by atoms with van der Waals surface area (Å²) in [6, 6.07) is 9.29. The maximum Gasteiger partial charge on any atom is 0.258 e. The molecule has 1 aromatic heterocycles. The van der Waals surface area contributed by atoms with Crippen molar-refractivity contribution in [1.29, 1.82) is 0 Å². The maximum absolute atomic E-state index is 12.4. The highest BCUT2D eigenvalue weighted by molar-refractivity contribution is 5.85. The van der Waals surface area contributed by atoms with E-state index in [2.05, 4.69) is 10.6 Å². The Morgan fingerprint density at radius 2 is 1.73 bits per heavy atom.